The van der Waals surface area contributed by atoms with Crippen LogP contribution in [0.5, 0.6) is 0 Å². The van der Waals surface area contributed by atoms with E-state index in [1.54, 1.807) is 6.07 Å². The SMILES string of the molecule is CCc1cccc2cccc(P(=O)(O)O)c12. The lowest BCUT2D eigenvalue weighted by Gasteiger charge is -2.11. The minimum Gasteiger partial charge on any atom is -0.321 e. The highest BCUT2D eigenvalue weighted by molar-refractivity contribution is 7.60. The molecule has 0 bridgehead atoms. The monoisotopic (exact) mass is 236 g/mol. The van der Waals surface area contributed by atoms with E-state index in [1.807, 2.05) is 31.2 Å². The summed E-state index contributed by atoms with van der Waals surface area (Å²) in [7, 11) is -4.20. The van der Waals surface area contributed by atoms with Crippen LogP contribution in [0.1, 0.15) is 12.5 Å². The molecule has 0 unspecified atom stereocenters. The number of benzene rings is 2. The molecule has 0 amide bonds. The maximum Gasteiger partial charge on any atom is 0.356 e. The number of fused-ring (bicyclic) bond motifs is 1. The van der Waals surface area contributed by atoms with Gasteiger partial charge in [0.1, 0.15) is 0 Å². The predicted octanol–water partition coefficient (Wildman–Crippen LogP) is 2.21. The Bertz CT molecular complexity index is 566. The van der Waals surface area contributed by atoms with E-state index < -0.39 is 7.60 Å². The van der Waals surface area contributed by atoms with Gasteiger partial charge >= 0.3 is 7.60 Å². The Morgan fingerprint density at radius 3 is 2.31 bits per heavy atom. The van der Waals surface area contributed by atoms with Crippen LogP contribution in [-0.2, 0) is 11.0 Å². The molecule has 4 heteroatoms. The van der Waals surface area contributed by atoms with Crippen molar-refractivity contribution in [1.82, 2.24) is 0 Å². The van der Waals surface area contributed by atoms with Crippen molar-refractivity contribution in [2.24, 2.45) is 0 Å². The zero-order chi connectivity index (χ0) is 11.8. The third kappa shape index (κ3) is 1.90. The van der Waals surface area contributed by atoms with E-state index in [0.29, 0.717) is 5.39 Å². The Morgan fingerprint density at radius 1 is 1.12 bits per heavy atom. The first-order valence-corrected chi connectivity index (χ1v) is 6.72. The molecule has 0 aromatic heterocycles. The molecule has 0 aliphatic rings. The van der Waals surface area contributed by atoms with Crippen molar-refractivity contribution in [3.05, 3.63) is 42.0 Å². The van der Waals surface area contributed by atoms with Gasteiger partial charge < -0.3 is 9.79 Å². The largest absolute Gasteiger partial charge is 0.356 e. The van der Waals surface area contributed by atoms with Crippen LogP contribution in [0.4, 0.5) is 0 Å². The Balaban J connectivity index is 2.90. The number of rotatable bonds is 2. The normalized spacial score (nSPS) is 11.9. The Morgan fingerprint density at radius 2 is 1.75 bits per heavy atom. The van der Waals surface area contributed by atoms with Crippen molar-refractivity contribution in [3.63, 3.8) is 0 Å². The van der Waals surface area contributed by atoms with Crippen LogP contribution in [0, 0.1) is 0 Å². The molecule has 2 aromatic carbocycles. The lowest BCUT2D eigenvalue weighted by molar-refractivity contribution is 0.387. The average Bonchev–Trinajstić information content (AvgIpc) is 2.26. The second-order valence-electron chi connectivity index (χ2n) is 3.69. The van der Waals surface area contributed by atoms with Crippen molar-refractivity contribution >= 4 is 23.7 Å². The van der Waals surface area contributed by atoms with Gasteiger partial charge in [0.05, 0.1) is 5.30 Å². The molecular formula is C12H13O3P. The van der Waals surface area contributed by atoms with Crippen molar-refractivity contribution < 1.29 is 14.4 Å². The van der Waals surface area contributed by atoms with Gasteiger partial charge in [0, 0.05) is 5.39 Å². The Labute approximate surface area is 93.9 Å². The first kappa shape index (κ1) is 11.3. The molecule has 2 N–H and O–H groups in total. The van der Waals surface area contributed by atoms with Crippen LogP contribution >= 0.6 is 7.60 Å². The van der Waals surface area contributed by atoms with Crippen molar-refractivity contribution in [2.75, 3.05) is 0 Å². The lowest BCUT2D eigenvalue weighted by atomic mass is 10.0. The lowest BCUT2D eigenvalue weighted by Crippen LogP contribution is -2.07. The Kier molecular flexibility index (Phi) is 2.85. The van der Waals surface area contributed by atoms with Gasteiger partial charge in [-0.25, -0.2) is 0 Å². The number of aryl methyl sites for hydroxylation is 1. The highest BCUT2D eigenvalue weighted by Crippen LogP contribution is 2.37. The zero-order valence-corrected chi connectivity index (χ0v) is 9.82. The zero-order valence-electron chi connectivity index (χ0n) is 8.92. The number of hydrogen-bond donors (Lipinski definition) is 2. The van der Waals surface area contributed by atoms with E-state index >= 15 is 0 Å². The minimum atomic E-state index is -4.20. The summed E-state index contributed by atoms with van der Waals surface area (Å²) in [5.41, 5.74) is 0.969. The predicted molar refractivity (Wildman–Crippen MR) is 65.0 cm³/mol. The van der Waals surface area contributed by atoms with E-state index in [-0.39, 0.29) is 5.30 Å². The van der Waals surface area contributed by atoms with E-state index in [2.05, 4.69) is 0 Å². The van der Waals surface area contributed by atoms with E-state index in [9.17, 15) is 14.4 Å². The first-order chi connectivity index (χ1) is 7.54. The van der Waals surface area contributed by atoms with Gasteiger partial charge in [-0.15, -0.1) is 0 Å². The minimum absolute atomic E-state index is 0.127. The molecule has 0 radical (unpaired) electrons. The summed E-state index contributed by atoms with van der Waals surface area (Å²) in [6, 6.07) is 10.7. The topological polar surface area (TPSA) is 57.5 Å². The molecule has 0 spiro atoms. The smallest absolute Gasteiger partial charge is 0.321 e. The summed E-state index contributed by atoms with van der Waals surface area (Å²) in [6.07, 6.45) is 0.758. The molecular weight excluding hydrogens is 223 g/mol. The quantitative estimate of drug-likeness (QED) is 0.786. The van der Waals surface area contributed by atoms with Gasteiger partial charge in [-0.2, -0.15) is 0 Å². The molecule has 2 aromatic rings. The summed E-state index contributed by atoms with van der Waals surface area (Å²) in [6.45, 7) is 1.98. The molecule has 0 aliphatic carbocycles. The molecule has 0 fully saturated rings. The average molecular weight is 236 g/mol. The van der Waals surface area contributed by atoms with Crippen LogP contribution in [0.15, 0.2) is 36.4 Å². The molecule has 0 heterocycles. The molecule has 2 rings (SSSR count). The fourth-order valence-electron chi connectivity index (χ4n) is 1.93. The molecule has 0 saturated heterocycles. The molecule has 3 nitrogen and oxygen atoms in total. The number of hydrogen-bond acceptors (Lipinski definition) is 1. The van der Waals surface area contributed by atoms with Crippen LogP contribution in [0.25, 0.3) is 10.8 Å². The second kappa shape index (κ2) is 4.02. The summed E-state index contributed by atoms with van der Waals surface area (Å²) < 4.78 is 11.4. The molecule has 0 saturated carbocycles. The summed E-state index contributed by atoms with van der Waals surface area (Å²) >= 11 is 0. The van der Waals surface area contributed by atoms with Crippen LogP contribution in [0.3, 0.4) is 0 Å². The summed E-state index contributed by atoms with van der Waals surface area (Å²) in [5, 5.41) is 1.70. The van der Waals surface area contributed by atoms with Gasteiger partial charge in [-0.05, 0) is 23.4 Å². The fourth-order valence-corrected chi connectivity index (χ4v) is 2.78. The van der Waals surface area contributed by atoms with Gasteiger partial charge in [-0.3, -0.25) is 4.57 Å². The van der Waals surface area contributed by atoms with E-state index in [4.69, 9.17) is 0 Å². The third-order valence-corrected chi connectivity index (χ3v) is 3.66. The van der Waals surface area contributed by atoms with Crippen molar-refractivity contribution in [3.8, 4) is 0 Å². The molecule has 0 aliphatic heterocycles. The van der Waals surface area contributed by atoms with E-state index in [0.717, 1.165) is 17.4 Å². The van der Waals surface area contributed by atoms with Crippen molar-refractivity contribution in [2.45, 2.75) is 13.3 Å². The maximum absolute atomic E-state index is 11.4. The molecule has 0 atom stereocenters. The highest BCUT2D eigenvalue weighted by atomic mass is 31.2. The highest BCUT2D eigenvalue weighted by Gasteiger charge is 2.21. The van der Waals surface area contributed by atoms with Crippen LogP contribution in [-0.4, -0.2) is 9.79 Å². The molecule has 16 heavy (non-hydrogen) atoms. The van der Waals surface area contributed by atoms with E-state index in [1.165, 1.54) is 6.07 Å². The maximum atomic E-state index is 11.4. The van der Waals surface area contributed by atoms with Crippen LogP contribution in [0.2, 0.25) is 0 Å². The summed E-state index contributed by atoms with van der Waals surface area (Å²) in [5.74, 6) is 0. The van der Waals surface area contributed by atoms with Crippen molar-refractivity contribution in [1.29, 1.82) is 0 Å². The van der Waals surface area contributed by atoms with Crippen LogP contribution < -0.4 is 5.30 Å². The Hall–Kier alpha value is -1.15. The molecule has 84 valence electrons. The van der Waals surface area contributed by atoms with Gasteiger partial charge in [0.2, 0.25) is 0 Å². The fraction of sp³-hybridized carbons (Fsp3) is 0.167. The standard InChI is InChI=1S/C12H13O3P/c1-2-9-5-3-6-10-7-4-8-11(12(9)10)16(13,14)15/h3-8H,2H2,1H3,(H2,13,14,15). The van der Waals surface area contributed by atoms with Gasteiger partial charge in [0.25, 0.3) is 0 Å². The van der Waals surface area contributed by atoms with Gasteiger partial charge in [0.15, 0.2) is 0 Å². The van der Waals surface area contributed by atoms with Gasteiger partial charge in [-0.1, -0.05) is 37.3 Å². The summed E-state index contributed by atoms with van der Waals surface area (Å²) in [4.78, 5) is 18.6. The third-order valence-electron chi connectivity index (χ3n) is 2.66. The first-order valence-electron chi connectivity index (χ1n) is 5.10. The second-order valence-corrected chi connectivity index (χ2v) is 5.26.